The average molecular weight is 287 g/mol. The number of hydrogen-bond acceptors (Lipinski definition) is 3. The summed E-state index contributed by atoms with van der Waals surface area (Å²) in [5.41, 5.74) is 2.61. The van der Waals surface area contributed by atoms with Crippen molar-refractivity contribution in [3.63, 3.8) is 0 Å². The molecule has 0 saturated heterocycles. The fourth-order valence-corrected chi connectivity index (χ4v) is 2.23. The first-order valence-corrected chi connectivity index (χ1v) is 6.83. The Labute approximate surface area is 123 Å². The molecule has 1 N–H and O–H groups in total. The van der Waals surface area contributed by atoms with Crippen molar-refractivity contribution >= 4 is 11.7 Å². The molecule has 0 radical (unpaired) electrons. The summed E-state index contributed by atoms with van der Waals surface area (Å²) >= 11 is 0. The third-order valence-electron chi connectivity index (χ3n) is 3.34. The first-order valence-electron chi connectivity index (χ1n) is 6.83. The number of esters is 1. The van der Waals surface area contributed by atoms with Crippen molar-refractivity contribution < 1.29 is 13.9 Å². The molecule has 0 aliphatic heterocycles. The van der Waals surface area contributed by atoms with E-state index in [2.05, 4.69) is 5.32 Å². The smallest absolute Gasteiger partial charge is 0.332 e. The van der Waals surface area contributed by atoms with E-state index in [1.165, 1.54) is 19.2 Å². The molecule has 0 aliphatic carbocycles. The Morgan fingerprint density at radius 3 is 2.48 bits per heavy atom. The zero-order chi connectivity index (χ0) is 15.2. The minimum absolute atomic E-state index is 0.316. The van der Waals surface area contributed by atoms with E-state index in [4.69, 9.17) is 4.74 Å². The second-order valence-electron chi connectivity index (χ2n) is 4.66. The molecule has 1 unspecified atom stereocenters. The summed E-state index contributed by atoms with van der Waals surface area (Å²) in [7, 11) is 1.36. The molecule has 0 spiro atoms. The maximum absolute atomic E-state index is 13.0. The Kier molecular flexibility index (Phi) is 4.93. The van der Waals surface area contributed by atoms with Crippen LogP contribution >= 0.6 is 0 Å². The second kappa shape index (κ2) is 6.88. The second-order valence-corrected chi connectivity index (χ2v) is 4.66. The summed E-state index contributed by atoms with van der Waals surface area (Å²) in [5.74, 6) is -0.690. The molecule has 0 fully saturated rings. The number of carbonyl (C=O) groups excluding carboxylic acids is 1. The molecule has 2 rings (SSSR count). The first kappa shape index (κ1) is 15.0. The molecular formula is C17H18FNO2. The van der Waals surface area contributed by atoms with Crippen LogP contribution in [0.15, 0.2) is 48.5 Å². The predicted molar refractivity (Wildman–Crippen MR) is 80.6 cm³/mol. The van der Waals surface area contributed by atoms with Gasteiger partial charge in [0.1, 0.15) is 5.82 Å². The number of nitrogens with one attached hydrogen (secondary N) is 1. The zero-order valence-corrected chi connectivity index (χ0v) is 12.1. The highest BCUT2D eigenvalue weighted by atomic mass is 19.1. The van der Waals surface area contributed by atoms with E-state index in [0.29, 0.717) is 5.69 Å². The number of ether oxygens (including phenoxy) is 1. The topological polar surface area (TPSA) is 38.3 Å². The number of methoxy groups -OCH3 is 1. The SMILES string of the molecule is CCc1ccccc1C(Nc1ccc(F)cc1)C(=O)OC. The third kappa shape index (κ3) is 3.60. The molecule has 0 bridgehead atoms. The molecule has 0 amide bonds. The van der Waals surface area contributed by atoms with Crippen LogP contribution in [-0.4, -0.2) is 13.1 Å². The lowest BCUT2D eigenvalue weighted by Gasteiger charge is -2.20. The van der Waals surface area contributed by atoms with E-state index in [9.17, 15) is 9.18 Å². The van der Waals surface area contributed by atoms with Gasteiger partial charge in [0.25, 0.3) is 0 Å². The van der Waals surface area contributed by atoms with Gasteiger partial charge in [0.15, 0.2) is 6.04 Å². The molecule has 2 aromatic rings. The monoisotopic (exact) mass is 287 g/mol. The van der Waals surface area contributed by atoms with Crippen molar-refractivity contribution in [2.24, 2.45) is 0 Å². The van der Waals surface area contributed by atoms with Crippen LogP contribution in [0.2, 0.25) is 0 Å². The Hall–Kier alpha value is -2.36. The Morgan fingerprint density at radius 2 is 1.86 bits per heavy atom. The molecule has 0 heterocycles. The standard InChI is InChI=1S/C17H18FNO2/c1-3-12-6-4-5-7-15(12)16(17(20)21-2)19-14-10-8-13(18)9-11-14/h4-11,16,19H,3H2,1-2H3. The fraction of sp³-hybridized carbons (Fsp3) is 0.235. The first-order chi connectivity index (χ1) is 10.2. The van der Waals surface area contributed by atoms with Crippen molar-refractivity contribution in [2.75, 3.05) is 12.4 Å². The van der Waals surface area contributed by atoms with Crippen LogP contribution in [0, 0.1) is 5.82 Å². The van der Waals surface area contributed by atoms with Gasteiger partial charge in [-0.15, -0.1) is 0 Å². The summed E-state index contributed by atoms with van der Waals surface area (Å²) < 4.78 is 17.9. The zero-order valence-electron chi connectivity index (χ0n) is 12.1. The predicted octanol–water partition coefficient (Wildman–Crippen LogP) is 3.71. The van der Waals surface area contributed by atoms with Gasteiger partial charge in [-0.1, -0.05) is 31.2 Å². The van der Waals surface area contributed by atoms with Crippen LogP contribution < -0.4 is 5.32 Å². The highest BCUT2D eigenvalue weighted by Crippen LogP contribution is 2.24. The number of hydrogen-bond donors (Lipinski definition) is 1. The lowest BCUT2D eigenvalue weighted by Crippen LogP contribution is -2.23. The van der Waals surface area contributed by atoms with Crippen LogP contribution in [0.4, 0.5) is 10.1 Å². The van der Waals surface area contributed by atoms with E-state index in [0.717, 1.165) is 17.5 Å². The maximum atomic E-state index is 13.0. The minimum atomic E-state index is -0.614. The van der Waals surface area contributed by atoms with Gasteiger partial charge in [0.05, 0.1) is 7.11 Å². The van der Waals surface area contributed by atoms with E-state index < -0.39 is 6.04 Å². The van der Waals surface area contributed by atoms with Crippen LogP contribution in [0.3, 0.4) is 0 Å². The largest absolute Gasteiger partial charge is 0.467 e. The van der Waals surface area contributed by atoms with Crippen molar-refractivity contribution in [1.82, 2.24) is 0 Å². The summed E-state index contributed by atoms with van der Waals surface area (Å²) in [5, 5.41) is 3.11. The highest BCUT2D eigenvalue weighted by molar-refractivity contribution is 5.81. The van der Waals surface area contributed by atoms with E-state index in [1.54, 1.807) is 12.1 Å². The number of benzene rings is 2. The number of halogens is 1. The molecule has 0 aromatic heterocycles. The van der Waals surface area contributed by atoms with Crippen LogP contribution in [-0.2, 0) is 16.0 Å². The molecule has 4 heteroatoms. The minimum Gasteiger partial charge on any atom is -0.467 e. The summed E-state index contributed by atoms with van der Waals surface area (Å²) in [4.78, 5) is 12.1. The Balaban J connectivity index is 2.34. The Bertz CT molecular complexity index is 610. The summed E-state index contributed by atoms with van der Waals surface area (Å²) in [6.45, 7) is 2.03. The van der Waals surface area contributed by atoms with Gasteiger partial charge in [-0.3, -0.25) is 0 Å². The number of aryl methyl sites for hydroxylation is 1. The van der Waals surface area contributed by atoms with Gasteiger partial charge in [0.2, 0.25) is 0 Å². The summed E-state index contributed by atoms with van der Waals surface area (Å²) in [6.07, 6.45) is 0.814. The average Bonchev–Trinajstić information content (AvgIpc) is 2.53. The van der Waals surface area contributed by atoms with Gasteiger partial charge < -0.3 is 10.1 Å². The lowest BCUT2D eigenvalue weighted by molar-refractivity contribution is -0.141. The van der Waals surface area contributed by atoms with Gasteiger partial charge in [-0.2, -0.15) is 0 Å². The Morgan fingerprint density at radius 1 is 1.19 bits per heavy atom. The summed E-state index contributed by atoms with van der Waals surface area (Å²) in [6, 6.07) is 13.0. The van der Waals surface area contributed by atoms with E-state index in [1.807, 2.05) is 31.2 Å². The van der Waals surface area contributed by atoms with Gasteiger partial charge in [0, 0.05) is 5.69 Å². The van der Waals surface area contributed by atoms with Gasteiger partial charge in [-0.25, -0.2) is 9.18 Å². The number of rotatable bonds is 5. The molecule has 1 atom stereocenters. The van der Waals surface area contributed by atoms with Crippen molar-refractivity contribution in [1.29, 1.82) is 0 Å². The van der Waals surface area contributed by atoms with Crippen LogP contribution in [0.25, 0.3) is 0 Å². The number of carbonyl (C=O) groups is 1. The molecule has 110 valence electrons. The maximum Gasteiger partial charge on any atom is 0.332 e. The van der Waals surface area contributed by atoms with Crippen LogP contribution in [0.1, 0.15) is 24.1 Å². The molecule has 0 aliphatic rings. The van der Waals surface area contributed by atoms with Crippen molar-refractivity contribution in [2.45, 2.75) is 19.4 Å². The van der Waals surface area contributed by atoms with E-state index in [-0.39, 0.29) is 11.8 Å². The van der Waals surface area contributed by atoms with Gasteiger partial charge in [-0.05, 0) is 41.8 Å². The fourth-order valence-electron chi connectivity index (χ4n) is 2.23. The highest BCUT2D eigenvalue weighted by Gasteiger charge is 2.23. The molecule has 3 nitrogen and oxygen atoms in total. The molecular weight excluding hydrogens is 269 g/mol. The van der Waals surface area contributed by atoms with Gasteiger partial charge >= 0.3 is 5.97 Å². The molecule has 2 aromatic carbocycles. The number of anilines is 1. The quantitative estimate of drug-likeness (QED) is 0.852. The van der Waals surface area contributed by atoms with E-state index >= 15 is 0 Å². The third-order valence-corrected chi connectivity index (χ3v) is 3.34. The molecule has 0 saturated carbocycles. The normalized spacial score (nSPS) is 11.8. The lowest BCUT2D eigenvalue weighted by atomic mass is 9.98. The molecule has 21 heavy (non-hydrogen) atoms. The van der Waals surface area contributed by atoms with Crippen LogP contribution in [0.5, 0.6) is 0 Å². The van der Waals surface area contributed by atoms with Crippen molar-refractivity contribution in [3.8, 4) is 0 Å². The van der Waals surface area contributed by atoms with Crippen molar-refractivity contribution in [3.05, 3.63) is 65.5 Å².